The van der Waals surface area contributed by atoms with Crippen molar-refractivity contribution in [2.75, 3.05) is 0 Å². The molecular formula is C40H24N2O. The Morgan fingerprint density at radius 1 is 0.372 bits per heavy atom. The number of aromatic nitrogens is 2. The lowest BCUT2D eigenvalue weighted by molar-refractivity contribution is 0.669. The lowest BCUT2D eigenvalue weighted by Gasteiger charge is -2.12. The van der Waals surface area contributed by atoms with Crippen LogP contribution in [0.2, 0.25) is 0 Å². The number of hydrogen-bond donors (Lipinski definition) is 0. The molecule has 3 nitrogen and oxygen atoms in total. The van der Waals surface area contributed by atoms with Crippen LogP contribution in [0.3, 0.4) is 0 Å². The summed E-state index contributed by atoms with van der Waals surface area (Å²) in [4.78, 5) is 10.1. The summed E-state index contributed by atoms with van der Waals surface area (Å²) in [7, 11) is 0. The van der Waals surface area contributed by atoms with Gasteiger partial charge in [0.2, 0.25) is 0 Å². The van der Waals surface area contributed by atoms with Crippen molar-refractivity contribution < 1.29 is 4.42 Å². The second kappa shape index (κ2) is 9.37. The van der Waals surface area contributed by atoms with Gasteiger partial charge in [0, 0.05) is 27.1 Å². The predicted octanol–water partition coefficient (Wildman–Crippen LogP) is 10.8. The van der Waals surface area contributed by atoms with Gasteiger partial charge in [0.25, 0.3) is 0 Å². The summed E-state index contributed by atoms with van der Waals surface area (Å²) in [5.74, 6) is 0. The van der Waals surface area contributed by atoms with Crippen molar-refractivity contribution in [2.24, 2.45) is 0 Å². The minimum atomic E-state index is 0.879. The molecule has 2 aromatic heterocycles. The van der Waals surface area contributed by atoms with Crippen LogP contribution in [0.1, 0.15) is 0 Å². The first-order chi connectivity index (χ1) is 21.3. The van der Waals surface area contributed by atoms with Crippen molar-refractivity contribution in [1.29, 1.82) is 0 Å². The lowest BCUT2D eigenvalue weighted by atomic mass is 9.94. The number of rotatable bonds is 3. The van der Waals surface area contributed by atoms with E-state index in [0.29, 0.717) is 0 Å². The molecule has 0 N–H and O–H groups in total. The number of furan rings is 1. The molecule has 0 aliphatic carbocycles. The van der Waals surface area contributed by atoms with Gasteiger partial charge in [0.15, 0.2) is 0 Å². The molecule has 0 atom stereocenters. The van der Waals surface area contributed by atoms with Gasteiger partial charge in [-0.2, -0.15) is 0 Å². The number of nitrogens with zero attached hydrogens (tertiary/aromatic N) is 2. The topological polar surface area (TPSA) is 38.9 Å². The third kappa shape index (κ3) is 3.83. The molecule has 0 amide bonds. The molecule has 0 saturated heterocycles. The molecule has 0 spiro atoms. The molecule has 9 aromatic rings. The average molecular weight is 549 g/mol. The van der Waals surface area contributed by atoms with Crippen LogP contribution >= 0.6 is 0 Å². The Labute approximate surface area is 247 Å². The van der Waals surface area contributed by atoms with Gasteiger partial charge in [-0.3, -0.25) is 4.98 Å². The van der Waals surface area contributed by atoms with Crippen molar-refractivity contribution in [2.45, 2.75) is 0 Å². The molecule has 43 heavy (non-hydrogen) atoms. The maximum Gasteiger partial charge on any atom is 0.135 e. The highest BCUT2D eigenvalue weighted by Crippen LogP contribution is 2.38. The summed E-state index contributed by atoms with van der Waals surface area (Å²) in [5, 5.41) is 6.86. The first kappa shape index (κ1) is 23.9. The highest BCUT2D eigenvalue weighted by molar-refractivity contribution is 6.23. The third-order valence-corrected chi connectivity index (χ3v) is 8.50. The van der Waals surface area contributed by atoms with E-state index < -0.39 is 0 Å². The minimum Gasteiger partial charge on any atom is -0.456 e. The Bertz CT molecular complexity index is 2510. The summed E-state index contributed by atoms with van der Waals surface area (Å²) in [5.41, 5.74) is 10.3. The van der Waals surface area contributed by atoms with E-state index in [1.165, 1.54) is 33.0 Å². The van der Waals surface area contributed by atoms with Crippen LogP contribution in [-0.2, 0) is 0 Å². The highest BCUT2D eigenvalue weighted by atomic mass is 16.3. The summed E-state index contributed by atoms with van der Waals surface area (Å²) in [6, 6.07) is 49.0. The van der Waals surface area contributed by atoms with E-state index in [2.05, 4.69) is 109 Å². The first-order valence-corrected chi connectivity index (χ1v) is 14.5. The summed E-state index contributed by atoms with van der Waals surface area (Å²) < 4.78 is 6.07. The zero-order valence-electron chi connectivity index (χ0n) is 23.2. The van der Waals surface area contributed by atoms with Gasteiger partial charge in [0.1, 0.15) is 11.2 Å². The van der Waals surface area contributed by atoms with E-state index in [4.69, 9.17) is 14.4 Å². The molecule has 3 heteroatoms. The SMILES string of the molecule is c1ccc(-c2cnc3c4ccccc4c4cc(-c5cccc(-c6ccc7oc8ccccc8c7c6)c5)ccc4c3n2)cc1. The van der Waals surface area contributed by atoms with Crippen molar-refractivity contribution in [3.8, 4) is 33.5 Å². The Morgan fingerprint density at radius 2 is 0.977 bits per heavy atom. The first-order valence-electron chi connectivity index (χ1n) is 14.5. The fourth-order valence-electron chi connectivity index (χ4n) is 6.38. The molecule has 0 radical (unpaired) electrons. The molecule has 200 valence electrons. The molecule has 2 heterocycles. The second-order valence-electron chi connectivity index (χ2n) is 11.0. The Morgan fingerprint density at radius 3 is 1.81 bits per heavy atom. The average Bonchev–Trinajstić information content (AvgIpc) is 3.46. The van der Waals surface area contributed by atoms with Crippen molar-refractivity contribution in [3.05, 3.63) is 146 Å². The summed E-state index contributed by atoms with van der Waals surface area (Å²) in [6.07, 6.45) is 1.89. The lowest BCUT2D eigenvalue weighted by Crippen LogP contribution is -1.92. The van der Waals surface area contributed by atoms with Gasteiger partial charge in [0.05, 0.1) is 22.9 Å². The summed E-state index contributed by atoms with van der Waals surface area (Å²) in [6.45, 7) is 0. The van der Waals surface area contributed by atoms with Crippen LogP contribution in [0, 0.1) is 0 Å². The number of benzene rings is 7. The molecule has 9 rings (SSSR count). The van der Waals surface area contributed by atoms with Gasteiger partial charge in [-0.1, -0.05) is 109 Å². The molecule has 0 unspecified atom stereocenters. The van der Waals surface area contributed by atoms with Gasteiger partial charge in [-0.15, -0.1) is 0 Å². The van der Waals surface area contributed by atoms with Gasteiger partial charge < -0.3 is 4.42 Å². The quantitative estimate of drug-likeness (QED) is 0.206. The van der Waals surface area contributed by atoms with Crippen LogP contribution in [-0.4, -0.2) is 9.97 Å². The maximum absolute atomic E-state index is 6.07. The van der Waals surface area contributed by atoms with Crippen LogP contribution in [0.15, 0.2) is 150 Å². The standard InChI is InChI=1S/C40H24N2O/c1-2-9-25(10-3-1)36-24-41-39-32-15-5-4-13-30(32)34-22-28(17-19-33(34)40(39)42-36)26-11-8-12-27(21-26)29-18-20-38-35(23-29)31-14-6-7-16-37(31)43-38/h1-24H. The normalized spacial score (nSPS) is 11.7. The highest BCUT2D eigenvalue weighted by Gasteiger charge is 2.14. The van der Waals surface area contributed by atoms with Crippen LogP contribution in [0.25, 0.3) is 88.0 Å². The molecule has 0 fully saturated rings. The Kier molecular flexibility index (Phi) is 5.20. The van der Waals surface area contributed by atoms with Gasteiger partial charge in [-0.25, -0.2) is 4.98 Å². The van der Waals surface area contributed by atoms with E-state index >= 15 is 0 Å². The smallest absolute Gasteiger partial charge is 0.135 e. The molecular weight excluding hydrogens is 524 g/mol. The zero-order chi connectivity index (χ0) is 28.3. The van der Waals surface area contributed by atoms with Crippen molar-refractivity contribution in [1.82, 2.24) is 9.97 Å². The largest absolute Gasteiger partial charge is 0.456 e. The molecule has 0 aliphatic rings. The Hall–Kier alpha value is -5.80. The Balaban J connectivity index is 1.21. The summed E-state index contributed by atoms with van der Waals surface area (Å²) >= 11 is 0. The van der Waals surface area contributed by atoms with Gasteiger partial charge >= 0.3 is 0 Å². The number of hydrogen-bond acceptors (Lipinski definition) is 3. The fraction of sp³-hybridized carbons (Fsp3) is 0. The van der Waals surface area contributed by atoms with Crippen LogP contribution in [0.4, 0.5) is 0 Å². The molecule has 0 saturated carbocycles. The van der Waals surface area contributed by atoms with E-state index in [-0.39, 0.29) is 0 Å². The minimum absolute atomic E-state index is 0.879. The fourth-order valence-corrected chi connectivity index (χ4v) is 6.38. The second-order valence-corrected chi connectivity index (χ2v) is 11.0. The monoisotopic (exact) mass is 548 g/mol. The predicted molar refractivity (Wildman–Crippen MR) is 178 cm³/mol. The molecule has 0 bridgehead atoms. The number of para-hydroxylation sites is 1. The number of fused-ring (bicyclic) bond motifs is 9. The zero-order valence-corrected chi connectivity index (χ0v) is 23.2. The van der Waals surface area contributed by atoms with E-state index in [0.717, 1.165) is 55.0 Å². The van der Waals surface area contributed by atoms with E-state index in [1.54, 1.807) is 0 Å². The van der Waals surface area contributed by atoms with Crippen molar-refractivity contribution in [3.63, 3.8) is 0 Å². The van der Waals surface area contributed by atoms with E-state index in [9.17, 15) is 0 Å². The van der Waals surface area contributed by atoms with Crippen LogP contribution < -0.4 is 0 Å². The third-order valence-electron chi connectivity index (χ3n) is 8.50. The van der Waals surface area contributed by atoms with Crippen molar-refractivity contribution >= 4 is 54.5 Å². The van der Waals surface area contributed by atoms with E-state index in [1.807, 2.05) is 36.5 Å². The molecule has 7 aromatic carbocycles. The molecule has 0 aliphatic heterocycles. The van der Waals surface area contributed by atoms with Gasteiger partial charge in [-0.05, 0) is 63.4 Å². The maximum atomic E-state index is 6.07. The van der Waals surface area contributed by atoms with Crippen LogP contribution in [0.5, 0.6) is 0 Å².